The molecule has 0 amide bonds. The monoisotopic (exact) mass is 283 g/mol. The zero-order chi connectivity index (χ0) is 13.9. The van der Waals surface area contributed by atoms with Gasteiger partial charge in [-0.25, -0.2) is 18.1 Å². The van der Waals surface area contributed by atoms with Gasteiger partial charge in [0.2, 0.25) is 10.0 Å². The molecule has 1 saturated carbocycles. The molecule has 0 radical (unpaired) electrons. The predicted octanol–water partition coefficient (Wildman–Crippen LogP) is 1.91. The van der Waals surface area contributed by atoms with Crippen LogP contribution in [0.5, 0.6) is 0 Å². The second-order valence-corrected chi connectivity index (χ2v) is 7.32. The summed E-state index contributed by atoms with van der Waals surface area (Å²) in [6, 6.07) is 3.06. The fourth-order valence-corrected chi connectivity index (χ4v) is 3.84. The molecule has 1 aliphatic carbocycles. The predicted molar refractivity (Wildman–Crippen MR) is 75.0 cm³/mol. The van der Waals surface area contributed by atoms with E-state index < -0.39 is 10.0 Å². The number of anilines is 1. The number of nitrogens with one attached hydrogen (secondary N) is 1. The molecule has 2 rings (SSSR count). The standard InChI is InChI=1S/C13H21N3O2S/c1-13(7-3-2-4-8-13)10-16-19(17,18)11-6-5-9-15-12(11)14/h5-6,9,16H,2-4,7-8,10H2,1H3,(H2,14,15). The van der Waals surface area contributed by atoms with Crippen molar-refractivity contribution < 1.29 is 8.42 Å². The van der Waals surface area contributed by atoms with Gasteiger partial charge in [-0.1, -0.05) is 26.2 Å². The highest BCUT2D eigenvalue weighted by atomic mass is 32.2. The van der Waals surface area contributed by atoms with Crippen molar-refractivity contribution >= 4 is 15.8 Å². The molecule has 1 aromatic rings. The van der Waals surface area contributed by atoms with Crippen molar-refractivity contribution in [3.05, 3.63) is 18.3 Å². The molecule has 1 aliphatic rings. The lowest BCUT2D eigenvalue weighted by Crippen LogP contribution is -2.37. The Kier molecular flexibility index (Phi) is 4.10. The molecule has 19 heavy (non-hydrogen) atoms. The van der Waals surface area contributed by atoms with Crippen LogP contribution in [0, 0.1) is 5.41 Å². The lowest BCUT2D eigenvalue weighted by atomic mass is 9.76. The van der Waals surface area contributed by atoms with Crippen LogP contribution in [0.3, 0.4) is 0 Å². The van der Waals surface area contributed by atoms with Crippen LogP contribution >= 0.6 is 0 Å². The van der Waals surface area contributed by atoms with Crippen LogP contribution in [0.15, 0.2) is 23.2 Å². The van der Waals surface area contributed by atoms with E-state index in [9.17, 15) is 8.42 Å². The fraction of sp³-hybridized carbons (Fsp3) is 0.615. The van der Waals surface area contributed by atoms with Gasteiger partial charge in [-0.15, -0.1) is 0 Å². The van der Waals surface area contributed by atoms with Crippen molar-refractivity contribution in [3.63, 3.8) is 0 Å². The number of rotatable bonds is 4. The largest absolute Gasteiger partial charge is 0.383 e. The maximum atomic E-state index is 12.2. The average Bonchev–Trinajstić information content (AvgIpc) is 2.38. The highest BCUT2D eigenvalue weighted by Gasteiger charge is 2.29. The topological polar surface area (TPSA) is 85.1 Å². The van der Waals surface area contributed by atoms with E-state index in [1.165, 1.54) is 31.5 Å². The average molecular weight is 283 g/mol. The summed E-state index contributed by atoms with van der Waals surface area (Å²) in [4.78, 5) is 3.88. The van der Waals surface area contributed by atoms with E-state index in [2.05, 4.69) is 16.6 Å². The molecule has 1 aromatic heterocycles. The molecular formula is C13H21N3O2S. The van der Waals surface area contributed by atoms with Gasteiger partial charge in [0.25, 0.3) is 0 Å². The number of aromatic nitrogens is 1. The second-order valence-electron chi connectivity index (χ2n) is 5.58. The van der Waals surface area contributed by atoms with Gasteiger partial charge >= 0.3 is 0 Å². The highest BCUT2D eigenvalue weighted by Crippen LogP contribution is 2.35. The van der Waals surface area contributed by atoms with Gasteiger partial charge in [-0.3, -0.25) is 0 Å². The quantitative estimate of drug-likeness (QED) is 0.884. The zero-order valence-corrected chi connectivity index (χ0v) is 12.0. The van der Waals surface area contributed by atoms with Crippen molar-refractivity contribution in [1.82, 2.24) is 9.71 Å². The molecule has 3 N–H and O–H groups in total. The van der Waals surface area contributed by atoms with Gasteiger partial charge < -0.3 is 5.73 Å². The number of nitrogens with two attached hydrogens (primary N) is 1. The van der Waals surface area contributed by atoms with Gasteiger partial charge in [0, 0.05) is 12.7 Å². The lowest BCUT2D eigenvalue weighted by molar-refractivity contribution is 0.219. The minimum Gasteiger partial charge on any atom is -0.383 e. The Morgan fingerprint density at radius 2 is 2.05 bits per heavy atom. The van der Waals surface area contributed by atoms with E-state index in [1.54, 1.807) is 6.07 Å². The summed E-state index contributed by atoms with van der Waals surface area (Å²) in [6.45, 7) is 2.60. The van der Waals surface area contributed by atoms with E-state index in [-0.39, 0.29) is 16.1 Å². The third kappa shape index (κ3) is 3.45. The number of sulfonamides is 1. The first-order valence-electron chi connectivity index (χ1n) is 6.63. The third-order valence-corrected chi connectivity index (χ3v) is 5.29. The summed E-state index contributed by atoms with van der Waals surface area (Å²) in [7, 11) is -3.57. The van der Waals surface area contributed by atoms with Crippen LogP contribution in [0.25, 0.3) is 0 Å². The van der Waals surface area contributed by atoms with Crippen LogP contribution < -0.4 is 10.5 Å². The Hall–Kier alpha value is -1.14. The van der Waals surface area contributed by atoms with Crippen LogP contribution in [-0.2, 0) is 10.0 Å². The molecule has 6 heteroatoms. The Balaban J connectivity index is 2.08. The van der Waals surface area contributed by atoms with Crippen molar-refractivity contribution in [2.45, 2.75) is 43.9 Å². The Labute approximate surface area is 114 Å². The number of hydrogen-bond donors (Lipinski definition) is 2. The number of pyridine rings is 1. The molecule has 0 aromatic carbocycles. The Morgan fingerprint density at radius 1 is 1.37 bits per heavy atom. The summed E-state index contributed by atoms with van der Waals surface area (Å²) in [6.07, 6.45) is 7.21. The van der Waals surface area contributed by atoms with Crippen LogP contribution in [0.4, 0.5) is 5.82 Å². The molecule has 106 valence electrons. The number of nitrogens with zero attached hydrogens (tertiary/aromatic N) is 1. The first-order valence-corrected chi connectivity index (χ1v) is 8.11. The molecule has 0 aliphatic heterocycles. The van der Waals surface area contributed by atoms with Gasteiger partial charge in [0.15, 0.2) is 0 Å². The van der Waals surface area contributed by atoms with Crippen molar-refractivity contribution in [3.8, 4) is 0 Å². The van der Waals surface area contributed by atoms with Gasteiger partial charge in [0.05, 0.1) is 0 Å². The summed E-state index contributed by atoms with van der Waals surface area (Å²) < 4.78 is 27.1. The minimum atomic E-state index is -3.57. The molecule has 0 bridgehead atoms. The molecule has 0 saturated heterocycles. The minimum absolute atomic E-state index is 0.0452. The molecule has 1 fully saturated rings. The van der Waals surface area contributed by atoms with Gasteiger partial charge in [-0.2, -0.15) is 0 Å². The first-order chi connectivity index (χ1) is 8.93. The normalized spacial score (nSPS) is 19.2. The number of nitrogen functional groups attached to an aromatic ring is 1. The van der Waals surface area contributed by atoms with E-state index in [1.807, 2.05) is 0 Å². The van der Waals surface area contributed by atoms with Crippen molar-refractivity contribution in [2.24, 2.45) is 5.41 Å². The maximum Gasteiger partial charge on any atom is 0.244 e. The molecule has 5 nitrogen and oxygen atoms in total. The van der Waals surface area contributed by atoms with Crippen LogP contribution in [0.1, 0.15) is 39.0 Å². The molecular weight excluding hydrogens is 262 g/mol. The summed E-state index contributed by atoms with van der Waals surface area (Å²) in [5.74, 6) is 0.0452. The second kappa shape index (κ2) is 5.46. The summed E-state index contributed by atoms with van der Waals surface area (Å²) in [5, 5.41) is 0. The lowest BCUT2D eigenvalue weighted by Gasteiger charge is -2.33. The molecule has 0 unspecified atom stereocenters. The summed E-state index contributed by atoms with van der Waals surface area (Å²) in [5.41, 5.74) is 5.68. The maximum absolute atomic E-state index is 12.2. The molecule has 1 heterocycles. The van der Waals surface area contributed by atoms with E-state index in [4.69, 9.17) is 5.73 Å². The van der Waals surface area contributed by atoms with E-state index >= 15 is 0 Å². The van der Waals surface area contributed by atoms with Gasteiger partial charge in [-0.05, 0) is 30.4 Å². The number of hydrogen-bond acceptors (Lipinski definition) is 4. The molecule has 0 atom stereocenters. The van der Waals surface area contributed by atoms with Gasteiger partial charge in [0.1, 0.15) is 10.7 Å². The van der Waals surface area contributed by atoms with Crippen LogP contribution in [-0.4, -0.2) is 19.9 Å². The Morgan fingerprint density at radius 3 is 2.68 bits per heavy atom. The van der Waals surface area contributed by atoms with Crippen molar-refractivity contribution in [1.29, 1.82) is 0 Å². The first kappa shape index (κ1) is 14.3. The zero-order valence-electron chi connectivity index (χ0n) is 11.2. The molecule has 0 spiro atoms. The summed E-state index contributed by atoms with van der Waals surface area (Å²) >= 11 is 0. The third-order valence-electron chi connectivity index (χ3n) is 3.84. The smallest absolute Gasteiger partial charge is 0.244 e. The Bertz CT molecular complexity index is 537. The SMILES string of the molecule is CC1(CNS(=O)(=O)c2cccnc2N)CCCCC1. The highest BCUT2D eigenvalue weighted by molar-refractivity contribution is 7.89. The van der Waals surface area contributed by atoms with Crippen LogP contribution in [0.2, 0.25) is 0 Å². The van der Waals surface area contributed by atoms with E-state index in [0.29, 0.717) is 6.54 Å². The van der Waals surface area contributed by atoms with Crippen molar-refractivity contribution in [2.75, 3.05) is 12.3 Å². The van der Waals surface area contributed by atoms with E-state index in [0.717, 1.165) is 12.8 Å². The fourth-order valence-electron chi connectivity index (χ4n) is 2.56.